The zero-order valence-corrected chi connectivity index (χ0v) is 41.3. The SMILES string of the molecule is COC(=O)C[C@H]1[C@@]2(C)C[C@@]34O[C@]5(C)O[C@]6([C@@H]7/C(=C(/O)C(C)C)C(=O)O[C@@H](c8ccoc8)[C@]7(C)[C@@H](OC(=O)C(C)C)[C@@H](OC(=O)C(C)C)[C@]6(O5)[C@]13C)[C@H](OC(=O)C(C)C)[C@@]4(OC(C)=O)[C@H]2OC(C)=O. The smallest absolute Gasteiger partial charge is 0.338 e. The molecule has 1 N–H and O–H groups in total. The monoisotopic (exact) mass is 956 g/mol. The Bertz CT molecular complexity index is 2370. The van der Waals surface area contributed by atoms with Crippen molar-refractivity contribution in [2.75, 3.05) is 7.11 Å². The maximum Gasteiger partial charge on any atom is 0.338 e. The van der Waals surface area contributed by atoms with Gasteiger partial charge in [-0.15, -0.1) is 0 Å². The summed E-state index contributed by atoms with van der Waals surface area (Å²) in [5.74, 6) is -15.3. The fourth-order valence-electron chi connectivity index (χ4n) is 14.3. The summed E-state index contributed by atoms with van der Waals surface area (Å²) in [6.07, 6.45) is -6.88. The molecule has 19 nitrogen and oxygen atoms in total. The standard InChI is InChI=1S/C49H64O19/c1-21(2)31(53)30-32-43(12,33(61-39(30)57)27-16-17-59-19-27)34(62-36(54)22(3)4)35(63-37(55)23(5)6)49-44(13)28(18-29(52)58-15)42(11)20-46(44)48(65-26(10)51,40(42)60-25(9)50)41(64-38(56)24(7)8)47(32,49)67-45(14,66-46)68-49/h16-17,19,21-24,28,32-35,40-41,53H,18,20H2,1-15H3/b31-30-/t28-,32+,33-,34-,35+,40-,41-,42+,43+,44+,45+,46+,47+,48-,49-/m0/s1. The van der Waals surface area contributed by atoms with Crippen molar-refractivity contribution < 1.29 is 90.5 Å². The van der Waals surface area contributed by atoms with Crippen LogP contribution >= 0.6 is 0 Å². The maximum atomic E-state index is 15.3. The van der Waals surface area contributed by atoms with Crippen LogP contribution in [-0.2, 0) is 80.9 Å². The Morgan fingerprint density at radius 3 is 1.87 bits per heavy atom. The molecule has 0 amide bonds. The van der Waals surface area contributed by atoms with Gasteiger partial charge in [0, 0.05) is 55.4 Å². The van der Waals surface area contributed by atoms with E-state index in [1.54, 1.807) is 76.2 Å². The number of allylic oxidation sites excluding steroid dienone is 1. The molecule has 0 radical (unpaired) electrons. The number of aliphatic hydroxyl groups is 1. The molecule has 4 heterocycles. The number of carbonyl (C=O) groups excluding carboxylic acids is 7. The second-order valence-electron chi connectivity index (χ2n) is 21.7. The van der Waals surface area contributed by atoms with Crippen molar-refractivity contribution >= 4 is 41.8 Å². The molecule has 3 aliphatic heterocycles. The first-order valence-electron chi connectivity index (χ1n) is 23.3. The number of ether oxygens (including phenoxy) is 10. The summed E-state index contributed by atoms with van der Waals surface area (Å²) in [5.41, 5.74) is -15.3. The number of hydrogen-bond acceptors (Lipinski definition) is 19. The predicted molar refractivity (Wildman–Crippen MR) is 229 cm³/mol. The Hall–Kier alpha value is -5.01. The second-order valence-corrected chi connectivity index (χ2v) is 21.7. The van der Waals surface area contributed by atoms with Crippen LogP contribution in [0.25, 0.3) is 0 Å². The molecular formula is C49H64O19. The van der Waals surface area contributed by atoms with E-state index in [9.17, 15) is 33.9 Å². The molecule has 68 heavy (non-hydrogen) atoms. The van der Waals surface area contributed by atoms with Crippen LogP contribution in [0.2, 0.25) is 0 Å². The van der Waals surface area contributed by atoms with Crippen molar-refractivity contribution in [3.8, 4) is 0 Å². The van der Waals surface area contributed by atoms with Crippen LogP contribution in [-0.4, -0.2) is 107 Å². The van der Waals surface area contributed by atoms with Gasteiger partial charge in [-0.25, -0.2) is 4.79 Å². The van der Waals surface area contributed by atoms with E-state index in [-0.39, 0.29) is 12.0 Å². The highest BCUT2D eigenvalue weighted by Gasteiger charge is 3.08. The molecule has 2 spiro atoms. The van der Waals surface area contributed by atoms with Gasteiger partial charge in [-0.1, -0.05) is 76.2 Å². The zero-order valence-electron chi connectivity index (χ0n) is 41.3. The van der Waals surface area contributed by atoms with E-state index in [0.29, 0.717) is 0 Å². The van der Waals surface area contributed by atoms with E-state index >= 15 is 4.79 Å². The maximum absolute atomic E-state index is 15.3. The Kier molecular flexibility index (Phi) is 11.3. The van der Waals surface area contributed by atoms with Crippen molar-refractivity contribution in [2.24, 2.45) is 51.8 Å². The molecule has 4 aliphatic carbocycles. The highest BCUT2D eigenvalue weighted by molar-refractivity contribution is 5.92. The lowest BCUT2D eigenvalue weighted by atomic mass is 9.32. The van der Waals surface area contributed by atoms with E-state index in [4.69, 9.17) is 51.8 Å². The molecule has 0 aromatic carbocycles. The number of rotatable bonds is 12. The van der Waals surface area contributed by atoms with Crippen LogP contribution in [0, 0.1) is 51.8 Å². The first kappa shape index (κ1) is 49.4. The van der Waals surface area contributed by atoms with Gasteiger partial charge in [-0.3, -0.25) is 28.8 Å². The molecule has 374 valence electrons. The molecule has 0 unspecified atom stereocenters. The predicted octanol–water partition coefficient (Wildman–Crippen LogP) is 5.51. The van der Waals surface area contributed by atoms with Crippen molar-refractivity contribution in [1.29, 1.82) is 0 Å². The normalized spacial score (nSPS) is 43.2. The highest BCUT2D eigenvalue weighted by atomic mass is 16.9. The van der Waals surface area contributed by atoms with Gasteiger partial charge >= 0.3 is 41.8 Å². The number of carbonyl (C=O) groups is 7. The van der Waals surface area contributed by atoms with Crippen molar-refractivity contribution in [3.63, 3.8) is 0 Å². The summed E-state index contributed by atoms with van der Waals surface area (Å²) in [6.45, 7) is 21.4. The molecule has 1 aromatic rings. The molecule has 8 rings (SSSR count). The molecule has 1 aromatic heterocycles. The largest absolute Gasteiger partial charge is 0.511 e. The average molecular weight is 957 g/mol. The number of aliphatic hydroxyl groups excluding tert-OH is 1. The summed E-state index contributed by atoms with van der Waals surface area (Å²) in [7, 11) is 1.19. The summed E-state index contributed by atoms with van der Waals surface area (Å²) in [4.78, 5) is 101. The van der Waals surface area contributed by atoms with Gasteiger partial charge in [0.15, 0.2) is 35.6 Å². The zero-order chi connectivity index (χ0) is 50.4. The lowest BCUT2D eigenvalue weighted by molar-refractivity contribution is -0.490. The van der Waals surface area contributed by atoms with E-state index in [2.05, 4.69) is 0 Å². The summed E-state index contributed by atoms with van der Waals surface area (Å²) >= 11 is 0. The van der Waals surface area contributed by atoms with Crippen molar-refractivity contribution in [3.05, 3.63) is 35.5 Å². The first-order chi connectivity index (χ1) is 31.5. The molecule has 7 aliphatic rings. The summed E-state index contributed by atoms with van der Waals surface area (Å²) < 4.78 is 73.3. The number of hydrogen-bond donors (Lipinski definition) is 1. The average Bonchev–Trinajstić information content (AvgIpc) is 3.94. The van der Waals surface area contributed by atoms with Crippen LogP contribution in [0.3, 0.4) is 0 Å². The van der Waals surface area contributed by atoms with E-state index in [1.165, 1.54) is 32.6 Å². The first-order valence-corrected chi connectivity index (χ1v) is 23.3. The second kappa shape index (κ2) is 15.5. The van der Waals surface area contributed by atoms with E-state index in [1.807, 2.05) is 0 Å². The van der Waals surface area contributed by atoms with Crippen LogP contribution < -0.4 is 0 Å². The van der Waals surface area contributed by atoms with Gasteiger partial charge in [0.2, 0.25) is 5.60 Å². The third-order valence-corrected chi connectivity index (χ3v) is 16.4. The minimum atomic E-state index is -2.63. The van der Waals surface area contributed by atoms with Crippen LogP contribution in [0.4, 0.5) is 0 Å². The number of fused-ring (bicyclic) bond motifs is 3. The molecule has 3 saturated heterocycles. The minimum absolute atomic E-state index is 0.206. The van der Waals surface area contributed by atoms with Crippen molar-refractivity contribution in [2.45, 2.75) is 169 Å². The summed E-state index contributed by atoms with van der Waals surface area (Å²) in [6, 6.07) is 1.52. The van der Waals surface area contributed by atoms with Gasteiger partial charge in [0.05, 0.1) is 48.4 Å². The van der Waals surface area contributed by atoms with Crippen LogP contribution in [0.5, 0.6) is 0 Å². The molecule has 19 heteroatoms. The lowest BCUT2D eigenvalue weighted by Crippen LogP contribution is -2.98. The minimum Gasteiger partial charge on any atom is -0.511 e. The highest BCUT2D eigenvalue weighted by Crippen LogP contribution is 2.91. The molecule has 4 saturated carbocycles. The fraction of sp³-hybridized carbons (Fsp3) is 0.735. The quantitative estimate of drug-likeness (QED) is 0.117. The Morgan fingerprint density at radius 2 is 1.35 bits per heavy atom. The number of esters is 7. The third-order valence-electron chi connectivity index (χ3n) is 16.4. The molecule has 4 bridgehead atoms. The number of methoxy groups -OCH3 is 1. The third kappa shape index (κ3) is 5.77. The van der Waals surface area contributed by atoms with E-state index in [0.717, 1.165) is 13.8 Å². The van der Waals surface area contributed by atoms with E-state index < -0.39 is 170 Å². The summed E-state index contributed by atoms with van der Waals surface area (Å²) in [5, 5.41) is 12.6. The lowest BCUT2D eigenvalue weighted by Gasteiger charge is -2.78. The number of cyclic esters (lactones) is 1. The topological polar surface area (TPSA) is 245 Å². The van der Waals surface area contributed by atoms with Crippen molar-refractivity contribution in [1.82, 2.24) is 0 Å². The van der Waals surface area contributed by atoms with Gasteiger partial charge in [-0.05, 0) is 18.4 Å². The molecule has 7 fully saturated rings. The fourth-order valence-corrected chi connectivity index (χ4v) is 14.3. The molecule has 15 atom stereocenters. The van der Waals surface area contributed by atoms with Gasteiger partial charge in [0.1, 0.15) is 17.5 Å². The molecular weight excluding hydrogens is 893 g/mol. The van der Waals surface area contributed by atoms with Crippen LogP contribution in [0.1, 0.15) is 121 Å². The van der Waals surface area contributed by atoms with Gasteiger partial charge < -0.3 is 56.9 Å². The number of furan rings is 1. The van der Waals surface area contributed by atoms with Gasteiger partial charge in [-0.2, -0.15) is 0 Å². The Balaban J connectivity index is 1.69. The van der Waals surface area contributed by atoms with Gasteiger partial charge in [0.25, 0.3) is 5.97 Å². The Labute approximate surface area is 394 Å². The van der Waals surface area contributed by atoms with Crippen LogP contribution in [0.15, 0.2) is 34.3 Å². The Morgan fingerprint density at radius 1 is 0.765 bits per heavy atom.